The van der Waals surface area contributed by atoms with Gasteiger partial charge in [-0.3, -0.25) is 4.57 Å². The van der Waals surface area contributed by atoms with Crippen LogP contribution in [0.25, 0.3) is 110 Å². The Morgan fingerprint density at radius 1 is 0.352 bits per heavy atom. The van der Waals surface area contributed by atoms with Crippen LogP contribution in [0.5, 0.6) is 0 Å². The first-order valence-electron chi connectivity index (χ1n) is 18.4. The van der Waals surface area contributed by atoms with E-state index in [0.717, 1.165) is 38.9 Å². The molecule has 0 aliphatic heterocycles. The number of para-hydroxylation sites is 3. The Labute approximate surface area is 309 Å². The Bertz CT molecular complexity index is 3510. The quantitative estimate of drug-likeness (QED) is 0.185. The highest BCUT2D eigenvalue weighted by Crippen LogP contribution is 2.41. The minimum atomic E-state index is 0.663. The molecule has 0 aliphatic rings. The van der Waals surface area contributed by atoms with Crippen LogP contribution in [0.15, 0.2) is 182 Å². The van der Waals surface area contributed by atoms with Gasteiger partial charge in [0.25, 0.3) is 0 Å². The summed E-state index contributed by atoms with van der Waals surface area (Å²) in [5, 5.41) is 13.2. The maximum atomic E-state index is 5.38. The molecule has 250 valence electrons. The Morgan fingerprint density at radius 2 is 1.00 bits per heavy atom. The molecule has 0 amide bonds. The van der Waals surface area contributed by atoms with Gasteiger partial charge in [-0.25, -0.2) is 9.97 Å². The highest BCUT2D eigenvalue weighted by Gasteiger charge is 2.20. The average molecular weight is 687 g/mol. The molecule has 0 bridgehead atoms. The molecule has 0 atom stereocenters. The van der Waals surface area contributed by atoms with Gasteiger partial charge in [0.15, 0.2) is 0 Å². The number of benzene rings is 9. The largest absolute Gasteiger partial charge is 0.309 e. The van der Waals surface area contributed by atoms with Crippen molar-refractivity contribution < 1.29 is 0 Å². The van der Waals surface area contributed by atoms with Gasteiger partial charge in [-0.05, 0) is 69.4 Å². The van der Waals surface area contributed by atoms with E-state index in [-0.39, 0.29) is 0 Å². The average Bonchev–Trinajstić information content (AvgIpc) is 3.76. The predicted molar refractivity (Wildman–Crippen MR) is 226 cm³/mol. The number of hydrogen-bond donors (Lipinski definition) is 0. The van der Waals surface area contributed by atoms with Crippen molar-refractivity contribution in [2.75, 3.05) is 0 Å². The minimum Gasteiger partial charge on any atom is -0.309 e. The molecule has 0 N–H and O–H groups in total. The van der Waals surface area contributed by atoms with Gasteiger partial charge in [0.05, 0.1) is 33.3 Å². The van der Waals surface area contributed by atoms with E-state index in [1.54, 1.807) is 0 Å². The SMILES string of the molecule is c1ccc2cc(-c3nc(-n4c5ccccc5c5c6ccc(-n7c8ccccc8c8ccc9ccccc9c87)cc6ccc54)nc4ccccc34)ccc2c1. The zero-order valence-corrected chi connectivity index (χ0v) is 29.1. The summed E-state index contributed by atoms with van der Waals surface area (Å²) in [6, 6.07) is 65.5. The third-order valence-electron chi connectivity index (χ3n) is 11.3. The lowest BCUT2D eigenvalue weighted by Crippen LogP contribution is -2.03. The second-order valence-corrected chi connectivity index (χ2v) is 14.2. The van der Waals surface area contributed by atoms with Crippen LogP contribution >= 0.6 is 0 Å². The van der Waals surface area contributed by atoms with E-state index in [4.69, 9.17) is 9.97 Å². The van der Waals surface area contributed by atoms with Gasteiger partial charge in [0.1, 0.15) is 0 Å². The lowest BCUT2D eigenvalue weighted by Gasteiger charge is -2.13. The fourth-order valence-corrected chi connectivity index (χ4v) is 8.86. The molecule has 0 spiro atoms. The lowest BCUT2D eigenvalue weighted by atomic mass is 10.0. The van der Waals surface area contributed by atoms with E-state index in [9.17, 15) is 0 Å². The molecule has 54 heavy (non-hydrogen) atoms. The van der Waals surface area contributed by atoms with Crippen LogP contribution in [-0.2, 0) is 0 Å². The van der Waals surface area contributed by atoms with Gasteiger partial charge in [-0.15, -0.1) is 0 Å². The number of aromatic nitrogens is 4. The van der Waals surface area contributed by atoms with Gasteiger partial charge < -0.3 is 4.57 Å². The maximum Gasteiger partial charge on any atom is 0.235 e. The molecule has 0 unspecified atom stereocenters. The molecule has 4 nitrogen and oxygen atoms in total. The van der Waals surface area contributed by atoms with Gasteiger partial charge in [0.2, 0.25) is 5.95 Å². The second kappa shape index (κ2) is 11.1. The molecule has 0 saturated carbocycles. The Morgan fingerprint density at radius 3 is 1.87 bits per heavy atom. The molecule has 3 aromatic heterocycles. The minimum absolute atomic E-state index is 0.663. The molecular formula is C50H30N4. The topological polar surface area (TPSA) is 35.6 Å². The Kier molecular flexibility index (Phi) is 6.02. The predicted octanol–water partition coefficient (Wildman–Crippen LogP) is 13.0. The zero-order chi connectivity index (χ0) is 35.3. The number of fused-ring (bicyclic) bond motifs is 12. The van der Waals surface area contributed by atoms with Crippen LogP contribution in [0.2, 0.25) is 0 Å². The lowest BCUT2D eigenvalue weighted by molar-refractivity contribution is 1.01. The van der Waals surface area contributed by atoms with Gasteiger partial charge >= 0.3 is 0 Å². The Balaban J connectivity index is 1.11. The van der Waals surface area contributed by atoms with Crippen molar-refractivity contribution in [1.29, 1.82) is 0 Å². The Hall–Kier alpha value is -7.30. The molecule has 0 aliphatic carbocycles. The summed E-state index contributed by atoms with van der Waals surface area (Å²) < 4.78 is 4.69. The summed E-state index contributed by atoms with van der Waals surface area (Å²) in [6.07, 6.45) is 0. The molecule has 4 heteroatoms. The van der Waals surface area contributed by atoms with E-state index in [0.29, 0.717) is 5.95 Å². The van der Waals surface area contributed by atoms with Crippen molar-refractivity contribution in [2.24, 2.45) is 0 Å². The first-order chi connectivity index (χ1) is 26.8. The molecule has 0 saturated heterocycles. The summed E-state index contributed by atoms with van der Waals surface area (Å²) in [5.74, 6) is 0.663. The third-order valence-corrected chi connectivity index (χ3v) is 11.3. The van der Waals surface area contributed by atoms with Crippen LogP contribution in [0.1, 0.15) is 0 Å². The van der Waals surface area contributed by atoms with Crippen molar-refractivity contribution in [3.8, 4) is 22.9 Å². The van der Waals surface area contributed by atoms with Gasteiger partial charge in [-0.1, -0.05) is 140 Å². The van der Waals surface area contributed by atoms with Crippen molar-refractivity contribution in [1.82, 2.24) is 19.1 Å². The molecule has 9 aromatic carbocycles. The summed E-state index contributed by atoms with van der Waals surface area (Å²) in [6.45, 7) is 0. The zero-order valence-electron chi connectivity index (χ0n) is 29.1. The first-order valence-corrected chi connectivity index (χ1v) is 18.4. The maximum absolute atomic E-state index is 5.38. The highest BCUT2D eigenvalue weighted by molar-refractivity contribution is 6.22. The summed E-state index contributed by atoms with van der Waals surface area (Å²) in [7, 11) is 0. The van der Waals surface area contributed by atoms with E-state index in [1.807, 2.05) is 0 Å². The normalized spacial score (nSPS) is 12.1. The molecular weight excluding hydrogens is 657 g/mol. The first kappa shape index (κ1) is 29.3. The fraction of sp³-hybridized carbons (Fsp3) is 0. The van der Waals surface area contributed by atoms with Crippen molar-refractivity contribution in [3.63, 3.8) is 0 Å². The van der Waals surface area contributed by atoms with Crippen molar-refractivity contribution in [2.45, 2.75) is 0 Å². The van der Waals surface area contributed by atoms with Crippen molar-refractivity contribution >= 4 is 86.8 Å². The van der Waals surface area contributed by atoms with Crippen molar-refractivity contribution in [3.05, 3.63) is 182 Å². The van der Waals surface area contributed by atoms with E-state index in [1.165, 1.54) is 64.9 Å². The molecule has 12 rings (SSSR count). The number of nitrogens with zero attached hydrogens (tertiary/aromatic N) is 4. The summed E-state index contributed by atoms with van der Waals surface area (Å²) in [5.41, 5.74) is 8.67. The molecule has 3 heterocycles. The summed E-state index contributed by atoms with van der Waals surface area (Å²) >= 11 is 0. The third kappa shape index (κ3) is 4.13. The smallest absolute Gasteiger partial charge is 0.235 e. The van der Waals surface area contributed by atoms with Crippen LogP contribution < -0.4 is 0 Å². The molecule has 0 fully saturated rings. The van der Waals surface area contributed by atoms with E-state index < -0.39 is 0 Å². The second-order valence-electron chi connectivity index (χ2n) is 14.2. The highest BCUT2D eigenvalue weighted by atomic mass is 15.2. The van der Waals surface area contributed by atoms with Crippen LogP contribution in [-0.4, -0.2) is 19.1 Å². The van der Waals surface area contributed by atoms with E-state index in [2.05, 4.69) is 191 Å². The standard InChI is InChI=1S/C50H30N4/c1-2-13-33-29-35(22-21-31(33)11-1)48-41-16-5-8-18-43(41)51-50(52-48)54-45-20-10-7-17-42(45)47-37-27-25-36(30-34(37)24-28-46(47)54)53-44-19-9-6-15-39(44)40-26-23-32-12-3-4-14-38(32)49(40)53/h1-30H. The van der Waals surface area contributed by atoms with Crippen LogP contribution in [0.3, 0.4) is 0 Å². The van der Waals surface area contributed by atoms with Crippen LogP contribution in [0.4, 0.5) is 0 Å². The summed E-state index contributed by atoms with van der Waals surface area (Å²) in [4.78, 5) is 10.6. The number of rotatable bonds is 3. The van der Waals surface area contributed by atoms with E-state index >= 15 is 0 Å². The fourth-order valence-electron chi connectivity index (χ4n) is 8.86. The molecule has 0 radical (unpaired) electrons. The monoisotopic (exact) mass is 686 g/mol. The molecule has 12 aromatic rings. The van der Waals surface area contributed by atoms with Gasteiger partial charge in [0, 0.05) is 43.6 Å². The number of hydrogen-bond acceptors (Lipinski definition) is 2. The van der Waals surface area contributed by atoms with Gasteiger partial charge in [-0.2, -0.15) is 0 Å². The van der Waals surface area contributed by atoms with Crippen LogP contribution in [0, 0.1) is 0 Å².